The summed E-state index contributed by atoms with van der Waals surface area (Å²) < 4.78 is 5.11. The van der Waals surface area contributed by atoms with E-state index in [-0.39, 0.29) is 11.8 Å². The number of hydrogen-bond donors (Lipinski definition) is 2. The number of rotatable bonds is 10. The number of ether oxygens (including phenoxy) is 1. The molecule has 1 atom stereocenters. The van der Waals surface area contributed by atoms with Crippen molar-refractivity contribution in [2.24, 2.45) is 0 Å². The average molecular weight is 446 g/mol. The van der Waals surface area contributed by atoms with Crippen LogP contribution in [-0.4, -0.2) is 59.7 Å². The molecule has 8 nitrogen and oxygen atoms in total. The van der Waals surface area contributed by atoms with Crippen LogP contribution < -0.4 is 15.4 Å². The van der Waals surface area contributed by atoms with Gasteiger partial charge in [-0.2, -0.15) is 0 Å². The van der Waals surface area contributed by atoms with E-state index in [1.807, 2.05) is 0 Å². The van der Waals surface area contributed by atoms with Gasteiger partial charge < -0.3 is 15.4 Å². The summed E-state index contributed by atoms with van der Waals surface area (Å²) in [5.41, 5.74) is 0.665. The van der Waals surface area contributed by atoms with E-state index in [1.165, 1.54) is 30.6 Å². The Balaban J connectivity index is 1.34. The van der Waals surface area contributed by atoms with Crippen molar-refractivity contribution in [1.82, 2.24) is 20.4 Å². The molecule has 0 aliphatic carbocycles. The van der Waals surface area contributed by atoms with E-state index in [4.69, 9.17) is 4.74 Å². The number of carbonyl (C=O) groups is 2. The normalized spacial score (nSPS) is 16.6. The van der Waals surface area contributed by atoms with Crippen molar-refractivity contribution in [2.75, 3.05) is 32.1 Å². The fourth-order valence-corrected chi connectivity index (χ4v) is 4.40. The fourth-order valence-electron chi connectivity index (χ4n) is 3.62. The maximum atomic E-state index is 12.3. The number of methoxy groups -OCH3 is 1. The Hall–Kier alpha value is -2.52. The number of nitrogens with one attached hydrogen (secondary N) is 2. The number of nitrogens with zero attached hydrogens (tertiary/aromatic N) is 3. The highest BCUT2D eigenvalue weighted by Gasteiger charge is 2.17. The molecule has 1 aliphatic heterocycles. The minimum Gasteiger partial charge on any atom is -0.497 e. The standard InChI is InChI=1S/C22H31N5O3S/c1-16-6-3-4-14-27(16)15-13-23-19(28)7-5-8-20-25-26-22(31-20)21(29)24-17-9-11-18(30-2)12-10-17/h9-12,16H,3-8,13-15H2,1-2H3,(H,23,28)(H,24,29). The van der Waals surface area contributed by atoms with E-state index >= 15 is 0 Å². The number of likely N-dealkylation sites (tertiary alicyclic amines) is 1. The molecular formula is C22H31N5O3S. The smallest absolute Gasteiger partial charge is 0.286 e. The lowest BCUT2D eigenvalue weighted by molar-refractivity contribution is -0.121. The molecule has 1 unspecified atom stereocenters. The predicted molar refractivity (Wildman–Crippen MR) is 122 cm³/mol. The molecule has 0 bridgehead atoms. The van der Waals surface area contributed by atoms with Gasteiger partial charge in [-0.3, -0.25) is 14.5 Å². The van der Waals surface area contributed by atoms with Crippen LogP contribution in [0.2, 0.25) is 0 Å². The summed E-state index contributed by atoms with van der Waals surface area (Å²) in [6.45, 7) is 4.99. The third-order valence-corrected chi connectivity index (χ3v) is 6.45. The number of carbonyl (C=O) groups excluding carboxylic acids is 2. The number of anilines is 1. The van der Waals surface area contributed by atoms with Gasteiger partial charge in [0.25, 0.3) is 5.91 Å². The van der Waals surface area contributed by atoms with Gasteiger partial charge in [-0.15, -0.1) is 10.2 Å². The van der Waals surface area contributed by atoms with Crippen molar-refractivity contribution in [1.29, 1.82) is 0 Å². The largest absolute Gasteiger partial charge is 0.497 e. The number of hydrogen-bond acceptors (Lipinski definition) is 7. The van der Waals surface area contributed by atoms with Crippen molar-refractivity contribution in [2.45, 2.75) is 51.5 Å². The summed E-state index contributed by atoms with van der Waals surface area (Å²) >= 11 is 1.26. The highest BCUT2D eigenvalue weighted by Crippen LogP contribution is 2.18. The number of piperidine rings is 1. The minimum atomic E-state index is -0.293. The molecule has 3 rings (SSSR count). The van der Waals surface area contributed by atoms with Crippen LogP contribution in [-0.2, 0) is 11.2 Å². The quantitative estimate of drug-likeness (QED) is 0.583. The lowest BCUT2D eigenvalue weighted by Crippen LogP contribution is -2.42. The second kappa shape index (κ2) is 11.8. The zero-order chi connectivity index (χ0) is 22.1. The summed E-state index contributed by atoms with van der Waals surface area (Å²) in [5, 5.41) is 14.9. The highest BCUT2D eigenvalue weighted by molar-refractivity contribution is 7.13. The molecule has 2 N–H and O–H groups in total. The van der Waals surface area contributed by atoms with E-state index in [9.17, 15) is 9.59 Å². The average Bonchev–Trinajstić information content (AvgIpc) is 3.25. The summed E-state index contributed by atoms with van der Waals surface area (Å²) in [6, 6.07) is 7.70. The van der Waals surface area contributed by atoms with Gasteiger partial charge in [-0.1, -0.05) is 17.8 Å². The Labute approximate surface area is 187 Å². The number of aryl methyl sites for hydroxylation is 1. The summed E-state index contributed by atoms with van der Waals surface area (Å²) in [6.07, 6.45) is 5.56. The Morgan fingerprint density at radius 1 is 1.23 bits per heavy atom. The van der Waals surface area contributed by atoms with Gasteiger partial charge in [-0.25, -0.2) is 0 Å². The van der Waals surface area contributed by atoms with Crippen LogP contribution >= 0.6 is 11.3 Å². The van der Waals surface area contributed by atoms with E-state index in [2.05, 4.69) is 32.7 Å². The van der Waals surface area contributed by atoms with E-state index in [1.54, 1.807) is 31.4 Å². The van der Waals surface area contributed by atoms with Gasteiger partial charge in [0, 0.05) is 37.7 Å². The molecule has 1 fully saturated rings. The van der Waals surface area contributed by atoms with Crippen LogP contribution in [0.5, 0.6) is 5.75 Å². The molecule has 0 spiro atoms. The van der Waals surface area contributed by atoms with Crippen molar-refractivity contribution in [3.8, 4) is 5.75 Å². The Kier molecular flexibility index (Phi) is 8.78. The van der Waals surface area contributed by atoms with Crippen molar-refractivity contribution < 1.29 is 14.3 Å². The first kappa shape index (κ1) is 23.1. The van der Waals surface area contributed by atoms with Gasteiger partial charge in [0.05, 0.1) is 7.11 Å². The maximum absolute atomic E-state index is 12.3. The first-order valence-corrected chi connectivity index (χ1v) is 11.7. The maximum Gasteiger partial charge on any atom is 0.286 e. The summed E-state index contributed by atoms with van der Waals surface area (Å²) in [7, 11) is 1.59. The van der Waals surface area contributed by atoms with Crippen molar-refractivity contribution in [3.05, 3.63) is 34.3 Å². The molecule has 1 aliphatic rings. The third-order valence-electron chi connectivity index (χ3n) is 5.47. The molecule has 0 radical (unpaired) electrons. The molecule has 2 heterocycles. The van der Waals surface area contributed by atoms with Crippen molar-refractivity contribution >= 4 is 28.8 Å². The molecule has 168 valence electrons. The number of aromatic nitrogens is 2. The van der Waals surface area contributed by atoms with Gasteiger partial charge in [-0.05, 0) is 57.0 Å². The Morgan fingerprint density at radius 3 is 2.77 bits per heavy atom. The SMILES string of the molecule is COc1ccc(NC(=O)c2nnc(CCCC(=O)NCCN3CCCCC3C)s2)cc1. The lowest BCUT2D eigenvalue weighted by Gasteiger charge is -2.33. The zero-order valence-corrected chi connectivity index (χ0v) is 19.0. The number of amides is 2. The lowest BCUT2D eigenvalue weighted by atomic mass is 10.0. The predicted octanol–water partition coefficient (Wildman–Crippen LogP) is 3.11. The number of benzene rings is 1. The molecule has 9 heteroatoms. The van der Waals surface area contributed by atoms with Gasteiger partial charge in [0.2, 0.25) is 10.9 Å². The second-order valence-corrected chi connectivity index (χ2v) is 8.83. The van der Waals surface area contributed by atoms with Crippen LogP contribution in [0.1, 0.15) is 53.8 Å². The monoisotopic (exact) mass is 445 g/mol. The van der Waals surface area contributed by atoms with Crippen LogP contribution in [0.3, 0.4) is 0 Å². The Bertz CT molecular complexity index is 855. The first-order valence-electron chi connectivity index (χ1n) is 10.8. The van der Waals surface area contributed by atoms with E-state index in [0.29, 0.717) is 42.5 Å². The molecule has 1 aromatic carbocycles. The molecule has 2 amide bonds. The van der Waals surface area contributed by atoms with Crippen LogP contribution in [0.4, 0.5) is 5.69 Å². The minimum absolute atomic E-state index is 0.0617. The third kappa shape index (κ3) is 7.29. The van der Waals surface area contributed by atoms with Gasteiger partial charge >= 0.3 is 0 Å². The molecule has 31 heavy (non-hydrogen) atoms. The van der Waals surface area contributed by atoms with E-state index < -0.39 is 0 Å². The molecule has 0 saturated carbocycles. The van der Waals surface area contributed by atoms with E-state index in [0.717, 1.165) is 23.8 Å². The van der Waals surface area contributed by atoms with Gasteiger partial charge in [0.15, 0.2) is 0 Å². The fraction of sp³-hybridized carbons (Fsp3) is 0.545. The molecule has 1 saturated heterocycles. The second-order valence-electron chi connectivity index (χ2n) is 7.77. The zero-order valence-electron chi connectivity index (χ0n) is 18.2. The topological polar surface area (TPSA) is 96.5 Å². The highest BCUT2D eigenvalue weighted by atomic mass is 32.1. The molecule has 1 aromatic heterocycles. The van der Waals surface area contributed by atoms with Gasteiger partial charge in [0.1, 0.15) is 10.8 Å². The Morgan fingerprint density at radius 2 is 2.03 bits per heavy atom. The summed E-state index contributed by atoms with van der Waals surface area (Å²) in [4.78, 5) is 26.9. The van der Waals surface area contributed by atoms with Crippen LogP contribution in [0, 0.1) is 0 Å². The molecular weight excluding hydrogens is 414 g/mol. The van der Waals surface area contributed by atoms with Crippen LogP contribution in [0.25, 0.3) is 0 Å². The van der Waals surface area contributed by atoms with Crippen LogP contribution in [0.15, 0.2) is 24.3 Å². The summed E-state index contributed by atoms with van der Waals surface area (Å²) in [5.74, 6) is 0.492. The first-order chi connectivity index (χ1) is 15.0. The molecule has 2 aromatic rings. The van der Waals surface area contributed by atoms with Crippen molar-refractivity contribution in [3.63, 3.8) is 0 Å².